The Morgan fingerprint density at radius 2 is 2.15 bits per heavy atom. The standard InChI is InChI=1S/C12H15BrN4O2S/c1-8-10(13)5-9(7-14)6-11(8)20(18,19)16-12-3-4-17(2)15-12/h3-6H,7,14H2,1-2H3,(H,15,16). The van der Waals surface area contributed by atoms with Crippen molar-refractivity contribution in [1.82, 2.24) is 9.78 Å². The van der Waals surface area contributed by atoms with Crippen molar-refractivity contribution in [2.45, 2.75) is 18.4 Å². The number of benzene rings is 1. The monoisotopic (exact) mass is 358 g/mol. The molecule has 8 heteroatoms. The average Bonchev–Trinajstić information content (AvgIpc) is 2.76. The van der Waals surface area contributed by atoms with Gasteiger partial charge in [0.1, 0.15) is 0 Å². The number of aromatic nitrogens is 2. The molecule has 2 rings (SSSR count). The van der Waals surface area contributed by atoms with Gasteiger partial charge in [-0.2, -0.15) is 5.10 Å². The summed E-state index contributed by atoms with van der Waals surface area (Å²) in [5.41, 5.74) is 6.96. The number of aryl methyl sites for hydroxylation is 1. The third-order valence-electron chi connectivity index (χ3n) is 2.83. The highest BCUT2D eigenvalue weighted by molar-refractivity contribution is 9.10. The minimum absolute atomic E-state index is 0.193. The lowest BCUT2D eigenvalue weighted by Gasteiger charge is -2.11. The molecule has 0 bridgehead atoms. The number of rotatable bonds is 4. The lowest BCUT2D eigenvalue weighted by atomic mass is 10.1. The van der Waals surface area contributed by atoms with Crippen LogP contribution in [0.4, 0.5) is 5.82 Å². The van der Waals surface area contributed by atoms with E-state index in [-0.39, 0.29) is 17.3 Å². The molecule has 0 aliphatic carbocycles. The van der Waals surface area contributed by atoms with Crippen LogP contribution < -0.4 is 10.5 Å². The summed E-state index contributed by atoms with van der Waals surface area (Å²) in [5.74, 6) is 0.279. The third-order valence-corrected chi connectivity index (χ3v) is 5.14. The van der Waals surface area contributed by atoms with Crippen LogP contribution in [0.15, 0.2) is 33.8 Å². The van der Waals surface area contributed by atoms with Crippen molar-refractivity contribution >= 4 is 31.8 Å². The van der Waals surface area contributed by atoms with E-state index in [4.69, 9.17) is 5.73 Å². The van der Waals surface area contributed by atoms with E-state index in [9.17, 15) is 8.42 Å². The van der Waals surface area contributed by atoms with Crippen LogP contribution in [0.5, 0.6) is 0 Å². The van der Waals surface area contributed by atoms with Crippen LogP contribution in [0, 0.1) is 6.92 Å². The maximum atomic E-state index is 12.4. The molecule has 6 nitrogen and oxygen atoms in total. The molecule has 2 aromatic rings. The Balaban J connectivity index is 2.46. The molecule has 1 aromatic carbocycles. The molecule has 1 heterocycles. The smallest absolute Gasteiger partial charge is 0.263 e. The van der Waals surface area contributed by atoms with Gasteiger partial charge >= 0.3 is 0 Å². The summed E-state index contributed by atoms with van der Waals surface area (Å²) in [6.45, 7) is 2.00. The van der Waals surface area contributed by atoms with Crippen LogP contribution in [-0.2, 0) is 23.6 Å². The fourth-order valence-corrected chi connectivity index (χ4v) is 3.72. The minimum atomic E-state index is -3.70. The Hall–Kier alpha value is -1.38. The number of halogens is 1. The molecule has 3 N–H and O–H groups in total. The van der Waals surface area contributed by atoms with Crippen molar-refractivity contribution in [3.63, 3.8) is 0 Å². The van der Waals surface area contributed by atoms with Crippen molar-refractivity contribution in [2.75, 3.05) is 4.72 Å². The zero-order valence-corrected chi connectivity index (χ0v) is 13.5. The lowest BCUT2D eigenvalue weighted by Crippen LogP contribution is -2.16. The molecule has 0 fully saturated rings. The molecule has 0 atom stereocenters. The summed E-state index contributed by atoms with van der Waals surface area (Å²) in [7, 11) is -1.98. The summed E-state index contributed by atoms with van der Waals surface area (Å²) in [6.07, 6.45) is 1.66. The molecule has 0 radical (unpaired) electrons. The molecular weight excluding hydrogens is 344 g/mol. The van der Waals surface area contributed by atoms with Gasteiger partial charge in [0.25, 0.3) is 10.0 Å². The van der Waals surface area contributed by atoms with Crippen molar-refractivity contribution in [1.29, 1.82) is 0 Å². The van der Waals surface area contributed by atoms with Crippen LogP contribution >= 0.6 is 15.9 Å². The number of anilines is 1. The molecule has 0 saturated carbocycles. The molecular formula is C12H15BrN4O2S. The summed E-state index contributed by atoms with van der Waals surface area (Å²) in [6, 6.07) is 4.98. The topological polar surface area (TPSA) is 90.0 Å². The van der Waals surface area contributed by atoms with E-state index in [2.05, 4.69) is 25.8 Å². The first-order valence-electron chi connectivity index (χ1n) is 5.85. The number of hydrogen-bond donors (Lipinski definition) is 2. The predicted molar refractivity (Wildman–Crippen MR) is 80.8 cm³/mol. The number of nitrogens with two attached hydrogens (primary N) is 1. The second-order valence-corrected chi connectivity index (χ2v) is 6.89. The Morgan fingerprint density at radius 3 is 2.70 bits per heavy atom. The minimum Gasteiger partial charge on any atom is -0.326 e. The molecule has 1 aromatic heterocycles. The van der Waals surface area contributed by atoms with E-state index in [0.29, 0.717) is 10.0 Å². The molecule has 0 saturated heterocycles. The van der Waals surface area contributed by atoms with E-state index >= 15 is 0 Å². The van der Waals surface area contributed by atoms with E-state index in [1.807, 2.05) is 6.07 Å². The van der Waals surface area contributed by atoms with Crippen molar-refractivity contribution in [2.24, 2.45) is 12.8 Å². The molecule has 0 aliphatic heterocycles. The van der Waals surface area contributed by atoms with Gasteiger partial charge in [-0.3, -0.25) is 9.40 Å². The van der Waals surface area contributed by atoms with Gasteiger partial charge in [-0.25, -0.2) is 8.42 Å². The van der Waals surface area contributed by atoms with E-state index in [0.717, 1.165) is 5.56 Å². The maximum Gasteiger partial charge on any atom is 0.263 e. The second kappa shape index (κ2) is 5.55. The molecule has 108 valence electrons. The Bertz CT molecular complexity index is 740. The number of hydrogen-bond acceptors (Lipinski definition) is 4. The van der Waals surface area contributed by atoms with E-state index in [1.54, 1.807) is 32.3 Å². The van der Waals surface area contributed by atoms with Crippen molar-refractivity contribution < 1.29 is 8.42 Å². The van der Waals surface area contributed by atoms with Crippen LogP contribution in [-0.4, -0.2) is 18.2 Å². The molecule has 0 aliphatic rings. The van der Waals surface area contributed by atoms with Crippen LogP contribution in [0.25, 0.3) is 0 Å². The van der Waals surface area contributed by atoms with Crippen LogP contribution in [0.2, 0.25) is 0 Å². The number of nitrogens with one attached hydrogen (secondary N) is 1. The highest BCUT2D eigenvalue weighted by atomic mass is 79.9. The lowest BCUT2D eigenvalue weighted by molar-refractivity contribution is 0.600. The van der Waals surface area contributed by atoms with Gasteiger partial charge in [-0.1, -0.05) is 15.9 Å². The van der Waals surface area contributed by atoms with Gasteiger partial charge < -0.3 is 5.73 Å². The number of nitrogens with zero attached hydrogens (tertiary/aromatic N) is 2. The van der Waals surface area contributed by atoms with Crippen LogP contribution in [0.3, 0.4) is 0 Å². The highest BCUT2D eigenvalue weighted by Crippen LogP contribution is 2.27. The first kappa shape index (κ1) is 15.0. The van der Waals surface area contributed by atoms with Gasteiger partial charge in [-0.15, -0.1) is 0 Å². The first-order valence-corrected chi connectivity index (χ1v) is 8.12. The predicted octanol–water partition coefficient (Wildman–Crippen LogP) is 1.75. The highest BCUT2D eigenvalue weighted by Gasteiger charge is 2.20. The fraction of sp³-hybridized carbons (Fsp3) is 0.250. The molecule has 0 unspecified atom stereocenters. The molecule has 0 spiro atoms. The largest absolute Gasteiger partial charge is 0.326 e. The number of sulfonamides is 1. The summed E-state index contributed by atoms with van der Waals surface area (Å²) >= 11 is 3.35. The Morgan fingerprint density at radius 1 is 1.45 bits per heavy atom. The molecule has 0 amide bonds. The Labute approximate surface area is 126 Å². The SMILES string of the molecule is Cc1c(Br)cc(CN)cc1S(=O)(=O)Nc1ccn(C)n1. The van der Waals surface area contributed by atoms with Gasteiger partial charge in [0, 0.05) is 30.3 Å². The summed E-state index contributed by atoms with van der Waals surface area (Å²) < 4.78 is 29.5. The maximum absolute atomic E-state index is 12.4. The van der Waals surface area contributed by atoms with Gasteiger partial charge in [0.05, 0.1) is 4.90 Å². The van der Waals surface area contributed by atoms with E-state index in [1.165, 1.54) is 4.68 Å². The third kappa shape index (κ3) is 3.02. The quantitative estimate of drug-likeness (QED) is 0.870. The summed E-state index contributed by atoms with van der Waals surface area (Å²) in [4.78, 5) is 0.193. The van der Waals surface area contributed by atoms with Gasteiger partial charge in [0.15, 0.2) is 5.82 Å². The zero-order chi connectivity index (χ0) is 14.9. The van der Waals surface area contributed by atoms with Gasteiger partial charge in [0.2, 0.25) is 0 Å². The average molecular weight is 359 g/mol. The van der Waals surface area contributed by atoms with E-state index < -0.39 is 10.0 Å². The second-order valence-electron chi connectivity index (χ2n) is 4.39. The van der Waals surface area contributed by atoms with Crippen molar-refractivity contribution in [3.05, 3.63) is 40.0 Å². The first-order chi connectivity index (χ1) is 9.33. The zero-order valence-electron chi connectivity index (χ0n) is 11.1. The van der Waals surface area contributed by atoms with Crippen LogP contribution in [0.1, 0.15) is 11.1 Å². The van der Waals surface area contributed by atoms with Gasteiger partial charge in [-0.05, 0) is 30.2 Å². The normalized spacial score (nSPS) is 11.6. The fourth-order valence-electron chi connectivity index (χ4n) is 1.77. The summed E-state index contributed by atoms with van der Waals surface area (Å²) in [5, 5.41) is 4.01. The van der Waals surface area contributed by atoms with Crippen molar-refractivity contribution in [3.8, 4) is 0 Å². The Kier molecular flexibility index (Phi) is 4.17. The molecule has 20 heavy (non-hydrogen) atoms.